The van der Waals surface area contributed by atoms with E-state index in [1.165, 1.54) is 0 Å². The van der Waals surface area contributed by atoms with Gasteiger partial charge < -0.3 is 15.4 Å². The first-order chi connectivity index (χ1) is 9.67. The zero-order valence-corrected chi connectivity index (χ0v) is 13.6. The van der Waals surface area contributed by atoms with E-state index in [4.69, 9.17) is 10.5 Å². The van der Waals surface area contributed by atoms with Crippen molar-refractivity contribution in [2.45, 2.75) is 59.7 Å². The number of aromatic nitrogens is 2. The first-order valence-electron chi connectivity index (χ1n) is 7.49. The van der Waals surface area contributed by atoms with E-state index in [-0.39, 0.29) is 6.09 Å². The van der Waals surface area contributed by atoms with Gasteiger partial charge in [0.1, 0.15) is 11.4 Å². The molecule has 0 bridgehead atoms. The van der Waals surface area contributed by atoms with Crippen molar-refractivity contribution in [1.29, 1.82) is 0 Å². The second-order valence-electron chi connectivity index (χ2n) is 7.04. The lowest BCUT2D eigenvalue weighted by Crippen LogP contribution is -2.40. The predicted molar refractivity (Wildman–Crippen MR) is 81.8 cm³/mol. The maximum atomic E-state index is 12.2. The molecule has 0 saturated heterocycles. The number of fused-ring (bicyclic) bond motifs is 1. The van der Waals surface area contributed by atoms with Gasteiger partial charge in [-0.2, -0.15) is 5.10 Å². The Hall–Kier alpha value is -1.72. The number of amides is 1. The third kappa shape index (κ3) is 3.68. The van der Waals surface area contributed by atoms with Crippen LogP contribution in [-0.2, 0) is 24.2 Å². The van der Waals surface area contributed by atoms with Crippen molar-refractivity contribution in [3.8, 4) is 0 Å². The van der Waals surface area contributed by atoms with E-state index >= 15 is 0 Å². The highest BCUT2D eigenvalue weighted by molar-refractivity contribution is 5.69. The second kappa shape index (κ2) is 5.58. The van der Waals surface area contributed by atoms with E-state index in [0.29, 0.717) is 24.8 Å². The fourth-order valence-electron chi connectivity index (χ4n) is 2.49. The molecule has 0 atom stereocenters. The van der Waals surface area contributed by atoms with E-state index < -0.39 is 5.60 Å². The van der Waals surface area contributed by atoms with Crippen molar-refractivity contribution in [3.05, 3.63) is 11.3 Å². The molecule has 1 amide bonds. The molecule has 2 rings (SSSR count). The number of hydrogen-bond donors (Lipinski definition) is 1. The van der Waals surface area contributed by atoms with Gasteiger partial charge in [-0.1, -0.05) is 13.8 Å². The van der Waals surface area contributed by atoms with Crippen LogP contribution in [0.4, 0.5) is 10.6 Å². The van der Waals surface area contributed by atoms with Crippen molar-refractivity contribution in [2.24, 2.45) is 5.92 Å². The topological polar surface area (TPSA) is 73.4 Å². The number of nitrogens with two attached hydrogens (primary N) is 1. The summed E-state index contributed by atoms with van der Waals surface area (Å²) in [4.78, 5) is 13.9. The molecule has 2 heterocycles. The highest BCUT2D eigenvalue weighted by atomic mass is 16.6. The Labute approximate surface area is 126 Å². The van der Waals surface area contributed by atoms with Gasteiger partial charge in [0.15, 0.2) is 0 Å². The van der Waals surface area contributed by atoms with E-state index in [1.807, 2.05) is 25.5 Å². The van der Waals surface area contributed by atoms with Crippen LogP contribution in [0.15, 0.2) is 0 Å². The number of carbonyl (C=O) groups is 1. The van der Waals surface area contributed by atoms with Gasteiger partial charge in [0.2, 0.25) is 0 Å². The zero-order chi connectivity index (χ0) is 15.8. The molecule has 1 aromatic rings. The molecule has 1 aromatic heterocycles. The number of ether oxygens (including phenoxy) is 1. The van der Waals surface area contributed by atoms with E-state index in [2.05, 4.69) is 18.9 Å². The summed E-state index contributed by atoms with van der Waals surface area (Å²) in [7, 11) is 0. The maximum Gasteiger partial charge on any atom is 0.410 e. The molecule has 0 spiro atoms. The summed E-state index contributed by atoms with van der Waals surface area (Å²) in [6.07, 6.45) is 0.461. The summed E-state index contributed by atoms with van der Waals surface area (Å²) < 4.78 is 7.38. The normalized spacial score (nSPS) is 15.2. The predicted octanol–water partition coefficient (Wildman–Crippen LogP) is 2.41. The summed E-state index contributed by atoms with van der Waals surface area (Å²) in [5.74, 6) is 1.07. The smallest absolute Gasteiger partial charge is 0.410 e. The molecule has 0 unspecified atom stereocenters. The Bertz CT molecular complexity index is 529. The fourth-order valence-corrected chi connectivity index (χ4v) is 2.49. The van der Waals surface area contributed by atoms with E-state index in [0.717, 1.165) is 24.2 Å². The van der Waals surface area contributed by atoms with Crippen LogP contribution < -0.4 is 5.73 Å². The largest absolute Gasteiger partial charge is 0.444 e. The highest BCUT2D eigenvalue weighted by Crippen LogP contribution is 2.25. The van der Waals surface area contributed by atoms with Crippen LogP contribution in [0.3, 0.4) is 0 Å². The summed E-state index contributed by atoms with van der Waals surface area (Å²) >= 11 is 0. The van der Waals surface area contributed by atoms with Crippen LogP contribution in [0.1, 0.15) is 45.9 Å². The van der Waals surface area contributed by atoms with Crippen molar-refractivity contribution < 1.29 is 9.53 Å². The molecular formula is C15H26N4O2. The molecule has 118 valence electrons. The number of rotatable bonds is 2. The molecule has 0 radical (unpaired) electrons. The molecule has 0 aliphatic carbocycles. The summed E-state index contributed by atoms with van der Waals surface area (Å²) in [6.45, 7) is 11.9. The van der Waals surface area contributed by atoms with Gasteiger partial charge in [-0.15, -0.1) is 0 Å². The van der Waals surface area contributed by atoms with Crippen LogP contribution >= 0.6 is 0 Å². The van der Waals surface area contributed by atoms with Crippen molar-refractivity contribution in [2.75, 3.05) is 12.3 Å². The molecule has 6 nitrogen and oxygen atoms in total. The summed E-state index contributed by atoms with van der Waals surface area (Å²) in [6, 6.07) is 0. The molecular weight excluding hydrogens is 268 g/mol. The maximum absolute atomic E-state index is 12.2. The van der Waals surface area contributed by atoms with Gasteiger partial charge in [0.25, 0.3) is 0 Å². The summed E-state index contributed by atoms with van der Waals surface area (Å²) in [5.41, 5.74) is 7.64. The first kappa shape index (κ1) is 15.7. The number of carbonyl (C=O) groups excluding carboxylic acids is 1. The molecule has 1 aliphatic heterocycles. The summed E-state index contributed by atoms with van der Waals surface area (Å²) in [5, 5.41) is 4.42. The first-order valence-corrected chi connectivity index (χ1v) is 7.49. The van der Waals surface area contributed by atoms with Gasteiger partial charge in [-0.05, 0) is 33.1 Å². The standard InChI is InChI=1S/C15H26N4O2/c1-10(2)8-19-12-9-18(14(20)21-15(3,4)5)7-6-11(12)13(16)17-19/h10H,6-9H2,1-5H3,(H2,16,17). The average Bonchev–Trinajstić information content (AvgIpc) is 2.63. The van der Waals surface area contributed by atoms with Gasteiger partial charge in [0.05, 0.1) is 12.2 Å². The van der Waals surface area contributed by atoms with Crippen molar-refractivity contribution >= 4 is 11.9 Å². The lowest BCUT2D eigenvalue weighted by Gasteiger charge is -2.30. The van der Waals surface area contributed by atoms with Crippen LogP contribution in [0.25, 0.3) is 0 Å². The van der Waals surface area contributed by atoms with E-state index in [9.17, 15) is 4.79 Å². The Morgan fingerprint density at radius 2 is 2.10 bits per heavy atom. The third-order valence-corrected chi connectivity index (χ3v) is 3.36. The lowest BCUT2D eigenvalue weighted by molar-refractivity contribution is 0.0218. The lowest BCUT2D eigenvalue weighted by atomic mass is 10.1. The Morgan fingerprint density at radius 3 is 2.67 bits per heavy atom. The van der Waals surface area contributed by atoms with Gasteiger partial charge in [-0.3, -0.25) is 4.68 Å². The number of nitrogens with zero attached hydrogens (tertiary/aromatic N) is 3. The molecule has 21 heavy (non-hydrogen) atoms. The molecule has 0 fully saturated rings. The second-order valence-corrected chi connectivity index (χ2v) is 7.04. The quantitative estimate of drug-likeness (QED) is 0.909. The monoisotopic (exact) mass is 294 g/mol. The van der Waals surface area contributed by atoms with Crippen LogP contribution in [0.2, 0.25) is 0 Å². The Kier molecular flexibility index (Phi) is 4.16. The van der Waals surface area contributed by atoms with Crippen LogP contribution in [0.5, 0.6) is 0 Å². The highest BCUT2D eigenvalue weighted by Gasteiger charge is 2.29. The Balaban J connectivity index is 2.17. The van der Waals surface area contributed by atoms with Gasteiger partial charge in [-0.25, -0.2) is 4.79 Å². The molecule has 6 heteroatoms. The minimum absolute atomic E-state index is 0.274. The molecule has 0 aromatic carbocycles. The number of nitrogen functional groups attached to an aromatic ring is 1. The SMILES string of the molecule is CC(C)Cn1nc(N)c2c1CN(C(=O)OC(C)(C)C)CC2. The molecule has 2 N–H and O–H groups in total. The minimum Gasteiger partial charge on any atom is -0.444 e. The van der Waals surface area contributed by atoms with Crippen LogP contribution in [0, 0.1) is 5.92 Å². The van der Waals surface area contributed by atoms with Crippen LogP contribution in [-0.4, -0.2) is 32.9 Å². The van der Waals surface area contributed by atoms with Crippen molar-refractivity contribution in [1.82, 2.24) is 14.7 Å². The third-order valence-electron chi connectivity index (χ3n) is 3.36. The molecule has 0 saturated carbocycles. The van der Waals surface area contributed by atoms with Crippen molar-refractivity contribution in [3.63, 3.8) is 0 Å². The molecule has 1 aliphatic rings. The van der Waals surface area contributed by atoms with Gasteiger partial charge >= 0.3 is 6.09 Å². The van der Waals surface area contributed by atoms with Gasteiger partial charge in [0, 0.05) is 18.7 Å². The number of anilines is 1. The van der Waals surface area contributed by atoms with E-state index in [1.54, 1.807) is 4.90 Å². The fraction of sp³-hybridized carbons (Fsp3) is 0.733. The number of hydrogen-bond acceptors (Lipinski definition) is 4. The average molecular weight is 294 g/mol. The Morgan fingerprint density at radius 1 is 1.43 bits per heavy atom. The minimum atomic E-state index is -0.478. The zero-order valence-electron chi connectivity index (χ0n) is 13.6.